The molecule has 1 saturated carbocycles. The Hall–Kier alpha value is -2.73. The van der Waals surface area contributed by atoms with Gasteiger partial charge in [0.15, 0.2) is 5.82 Å². The van der Waals surface area contributed by atoms with Gasteiger partial charge in [-0.2, -0.15) is 5.26 Å². The summed E-state index contributed by atoms with van der Waals surface area (Å²) in [5.74, 6) is -0.329. The largest absolute Gasteiger partial charge is 0.382 e. The van der Waals surface area contributed by atoms with E-state index in [-0.39, 0.29) is 35.9 Å². The fourth-order valence-electron chi connectivity index (χ4n) is 3.99. The van der Waals surface area contributed by atoms with E-state index in [1.54, 1.807) is 4.90 Å². The molecule has 2 aliphatic rings. The number of hydrogen-bond acceptors (Lipinski definition) is 6. The Morgan fingerprint density at radius 1 is 1.39 bits per heavy atom. The highest BCUT2D eigenvalue weighted by atomic mass is 19.1. The van der Waals surface area contributed by atoms with E-state index < -0.39 is 10.7 Å². The van der Waals surface area contributed by atoms with Crippen molar-refractivity contribution in [1.82, 2.24) is 10.2 Å². The molecule has 9 heteroatoms. The molecule has 0 spiro atoms. The number of nitro groups is 1. The number of hydrogen-bond donors (Lipinski definition) is 2. The van der Waals surface area contributed by atoms with Crippen molar-refractivity contribution < 1.29 is 14.1 Å². The van der Waals surface area contributed by atoms with Crippen LogP contribution in [0.15, 0.2) is 18.2 Å². The Balaban J connectivity index is 1.41. The zero-order valence-electron chi connectivity index (χ0n) is 15.6. The zero-order valence-corrected chi connectivity index (χ0v) is 15.6. The van der Waals surface area contributed by atoms with Crippen molar-refractivity contribution in [2.24, 2.45) is 5.92 Å². The Bertz CT molecular complexity index is 781. The van der Waals surface area contributed by atoms with Crippen molar-refractivity contribution in [3.63, 3.8) is 0 Å². The maximum absolute atomic E-state index is 13.9. The Morgan fingerprint density at radius 2 is 2.21 bits per heavy atom. The van der Waals surface area contributed by atoms with E-state index in [2.05, 4.69) is 16.7 Å². The summed E-state index contributed by atoms with van der Waals surface area (Å²) in [6.07, 6.45) is 4.39. The number of halogens is 1. The van der Waals surface area contributed by atoms with Crippen LogP contribution in [-0.4, -0.2) is 47.4 Å². The van der Waals surface area contributed by atoms with E-state index >= 15 is 0 Å². The average molecular weight is 389 g/mol. The minimum atomic E-state index is -0.634. The minimum Gasteiger partial charge on any atom is -0.382 e. The molecule has 1 saturated heterocycles. The Kier molecular flexibility index (Phi) is 6.41. The van der Waals surface area contributed by atoms with Crippen LogP contribution >= 0.6 is 0 Å². The second-order valence-corrected chi connectivity index (χ2v) is 7.43. The number of non-ortho nitro benzene ring substituents is 1. The lowest BCUT2D eigenvalue weighted by Gasteiger charge is -2.21. The summed E-state index contributed by atoms with van der Waals surface area (Å²) >= 11 is 0. The molecule has 28 heavy (non-hydrogen) atoms. The van der Waals surface area contributed by atoms with Gasteiger partial charge in [0, 0.05) is 25.2 Å². The first-order valence-electron chi connectivity index (χ1n) is 9.58. The van der Waals surface area contributed by atoms with E-state index in [0.717, 1.165) is 38.2 Å². The molecule has 2 fully saturated rings. The van der Waals surface area contributed by atoms with Crippen LogP contribution < -0.4 is 10.6 Å². The molecule has 8 nitrogen and oxygen atoms in total. The van der Waals surface area contributed by atoms with Gasteiger partial charge in [0.05, 0.1) is 29.3 Å². The summed E-state index contributed by atoms with van der Waals surface area (Å²) in [7, 11) is 0. The third-order valence-electron chi connectivity index (χ3n) is 5.55. The number of benzene rings is 1. The molecule has 1 aliphatic heterocycles. The van der Waals surface area contributed by atoms with Crippen molar-refractivity contribution >= 4 is 17.3 Å². The molecule has 1 aromatic carbocycles. The van der Waals surface area contributed by atoms with E-state index in [1.165, 1.54) is 12.1 Å². The maximum atomic E-state index is 13.9. The van der Waals surface area contributed by atoms with Crippen molar-refractivity contribution in [3.8, 4) is 6.07 Å². The lowest BCUT2D eigenvalue weighted by molar-refractivity contribution is -0.385. The Labute approximate surface area is 162 Å². The number of nitriles is 1. The molecule has 0 aromatic heterocycles. The van der Waals surface area contributed by atoms with Crippen LogP contribution in [0.2, 0.25) is 0 Å². The topological polar surface area (TPSA) is 111 Å². The fraction of sp³-hybridized carbons (Fsp3) is 0.579. The molecule has 3 rings (SSSR count). The molecule has 150 valence electrons. The number of nitro benzene ring substituents is 1. The highest BCUT2D eigenvalue weighted by molar-refractivity contribution is 5.79. The molecule has 1 amide bonds. The molecule has 3 atom stereocenters. The van der Waals surface area contributed by atoms with Gasteiger partial charge in [-0.1, -0.05) is 0 Å². The predicted octanol–water partition coefficient (Wildman–Crippen LogP) is 2.42. The number of likely N-dealkylation sites (tertiary alicyclic amines) is 1. The quantitative estimate of drug-likeness (QED) is 0.547. The first-order chi connectivity index (χ1) is 13.5. The molecule has 0 bridgehead atoms. The number of rotatable bonds is 7. The number of nitrogens with zero attached hydrogens (tertiary/aromatic N) is 3. The number of carbonyl (C=O) groups excluding carboxylic acids is 1. The summed E-state index contributed by atoms with van der Waals surface area (Å²) < 4.78 is 13.9. The molecule has 2 N–H and O–H groups in total. The van der Waals surface area contributed by atoms with Gasteiger partial charge >= 0.3 is 0 Å². The minimum absolute atomic E-state index is 0.0291. The smallest absolute Gasteiger partial charge is 0.272 e. The first-order valence-corrected chi connectivity index (χ1v) is 9.58. The van der Waals surface area contributed by atoms with Crippen LogP contribution in [0.5, 0.6) is 0 Å². The molecule has 3 unspecified atom stereocenters. The number of carbonyl (C=O) groups is 1. The van der Waals surface area contributed by atoms with Crippen molar-refractivity contribution in [2.45, 2.75) is 44.2 Å². The Morgan fingerprint density at radius 3 is 2.93 bits per heavy atom. The first kappa shape index (κ1) is 20.0. The van der Waals surface area contributed by atoms with Gasteiger partial charge in [-0.3, -0.25) is 14.9 Å². The van der Waals surface area contributed by atoms with Gasteiger partial charge in [0.25, 0.3) is 5.69 Å². The van der Waals surface area contributed by atoms with Crippen LogP contribution in [0.3, 0.4) is 0 Å². The molecular formula is C19H24FN5O3. The van der Waals surface area contributed by atoms with Crippen molar-refractivity contribution in [1.29, 1.82) is 5.26 Å². The van der Waals surface area contributed by atoms with Gasteiger partial charge in [0.2, 0.25) is 5.91 Å². The lowest BCUT2D eigenvalue weighted by Crippen LogP contribution is -2.43. The predicted molar refractivity (Wildman–Crippen MR) is 101 cm³/mol. The van der Waals surface area contributed by atoms with Gasteiger partial charge in [-0.15, -0.1) is 0 Å². The monoisotopic (exact) mass is 389 g/mol. The van der Waals surface area contributed by atoms with Gasteiger partial charge < -0.3 is 15.5 Å². The number of amides is 1. The lowest BCUT2D eigenvalue weighted by atomic mass is 10.1. The molecule has 0 radical (unpaired) electrons. The van der Waals surface area contributed by atoms with Gasteiger partial charge in [0.1, 0.15) is 6.04 Å². The second kappa shape index (κ2) is 8.97. The summed E-state index contributed by atoms with van der Waals surface area (Å²) in [5, 5.41) is 26.1. The molecular weight excluding hydrogens is 365 g/mol. The van der Waals surface area contributed by atoms with Crippen molar-refractivity contribution in [3.05, 3.63) is 34.1 Å². The fourth-order valence-corrected chi connectivity index (χ4v) is 3.99. The van der Waals surface area contributed by atoms with E-state index in [1.807, 2.05) is 0 Å². The van der Waals surface area contributed by atoms with E-state index in [9.17, 15) is 19.3 Å². The molecule has 1 aromatic rings. The summed E-state index contributed by atoms with van der Waals surface area (Å²) in [6.45, 7) is 1.46. The summed E-state index contributed by atoms with van der Waals surface area (Å²) in [4.78, 5) is 24.0. The number of nitrogens with one attached hydrogen (secondary N) is 2. The van der Waals surface area contributed by atoms with Crippen LogP contribution in [0.1, 0.15) is 32.1 Å². The van der Waals surface area contributed by atoms with E-state index in [0.29, 0.717) is 19.0 Å². The van der Waals surface area contributed by atoms with Crippen LogP contribution in [0.4, 0.5) is 15.8 Å². The third kappa shape index (κ3) is 4.75. The third-order valence-corrected chi connectivity index (χ3v) is 5.55. The zero-order chi connectivity index (χ0) is 20.1. The summed E-state index contributed by atoms with van der Waals surface area (Å²) in [6, 6.07) is 5.69. The molecule has 1 heterocycles. The second-order valence-electron chi connectivity index (χ2n) is 7.43. The molecule has 1 aliphatic carbocycles. The van der Waals surface area contributed by atoms with E-state index in [4.69, 9.17) is 5.26 Å². The van der Waals surface area contributed by atoms with Gasteiger partial charge in [-0.25, -0.2) is 4.39 Å². The van der Waals surface area contributed by atoms with Crippen LogP contribution in [0.25, 0.3) is 0 Å². The SMILES string of the molecule is N#CC1CCCN1C(=O)CNC1CCC(CNc2ccc([N+](=O)[O-])cc2F)C1. The van der Waals surface area contributed by atoms with Crippen LogP contribution in [-0.2, 0) is 4.79 Å². The summed E-state index contributed by atoms with van der Waals surface area (Å²) in [5.41, 5.74) is -0.0109. The highest BCUT2D eigenvalue weighted by Gasteiger charge is 2.30. The van der Waals surface area contributed by atoms with Crippen molar-refractivity contribution in [2.75, 3.05) is 25.0 Å². The number of anilines is 1. The normalized spacial score (nSPS) is 24.1. The van der Waals surface area contributed by atoms with Crippen LogP contribution in [0, 0.1) is 33.2 Å². The van der Waals surface area contributed by atoms with Gasteiger partial charge in [-0.05, 0) is 44.1 Å². The maximum Gasteiger partial charge on any atom is 0.272 e. The average Bonchev–Trinajstić information content (AvgIpc) is 3.34. The standard InChI is InChI=1S/C19H24FN5O3/c20-17-9-15(25(27)28)5-6-18(17)23-11-13-3-4-14(8-13)22-12-19(26)24-7-1-2-16(24)10-21/h5-6,9,13-14,16,22-23H,1-4,7-8,11-12H2. The highest BCUT2D eigenvalue weighted by Crippen LogP contribution is 2.27.